The monoisotopic (exact) mass is 303 g/mol. The van der Waals surface area contributed by atoms with Crippen LogP contribution in [0.3, 0.4) is 0 Å². The number of benzene rings is 1. The number of aliphatic hydroxyl groups is 1. The molecule has 0 radical (unpaired) electrons. The van der Waals surface area contributed by atoms with Crippen molar-refractivity contribution < 1.29 is 10.2 Å². The summed E-state index contributed by atoms with van der Waals surface area (Å²) in [5, 5.41) is 20.8. The Morgan fingerprint density at radius 2 is 2.09 bits per heavy atom. The van der Waals surface area contributed by atoms with Gasteiger partial charge in [-0.3, -0.25) is 0 Å². The molecule has 0 bridgehead atoms. The van der Waals surface area contributed by atoms with E-state index in [1.54, 1.807) is 6.07 Å². The lowest BCUT2D eigenvalue weighted by atomic mass is 9.55. The van der Waals surface area contributed by atoms with Crippen LogP contribution >= 0.6 is 0 Å². The number of likely N-dealkylation sites (tertiary alicyclic amines) is 1. The molecule has 2 N–H and O–H groups in total. The van der Waals surface area contributed by atoms with Gasteiger partial charge in [0.05, 0.1) is 6.10 Å². The molecule has 1 heterocycles. The van der Waals surface area contributed by atoms with Crippen LogP contribution in [0.15, 0.2) is 18.2 Å². The van der Waals surface area contributed by atoms with Gasteiger partial charge in [-0.1, -0.05) is 13.0 Å². The largest absolute Gasteiger partial charge is 0.508 e. The van der Waals surface area contributed by atoms with Crippen LogP contribution in [0.5, 0.6) is 5.75 Å². The number of hydrogen-bond donors (Lipinski definition) is 2. The average molecular weight is 303 g/mol. The number of phenolic OH excluding ortho intramolecular Hbond substituents is 1. The molecule has 0 amide bonds. The van der Waals surface area contributed by atoms with Gasteiger partial charge in [-0.25, -0.2) is 0 Å². The van der Waals surface area contributed by atoms with Crippen LogP contribution in [-0.4, -0.2) is 40.9 Å². The molecule has 22 heavy (non-hydrogen) atoms. The second-order valence-corrected chi connectivity index (χ2v) is 7.31. The minimum atomic E-state index is -0.237. The molecule has 0 aromatic heterocycles. The third-order valence-corrected chi connectivity index (χ3v) is 6.31. The van der Waals surface area contributed by atoms with Crippen molar-refractivity contribution in [2.75, 3.05) is 13.6 Å². The minimum Gasteiger partial charge on any atom is -0.508 e. The van der Waals surface area contributed by atoms with Crippen LogP contribution in [-0.2, 0) is 11.8 Å². The van der Waals surface area contributed by atoms with E-state index in [2.05, 4.69) is 31.9 Å². The summed E-state index contributed by atoms with van der Waals surface area (Å²) in [6, 6.07) is 6.21. The second kappa shape index (κ2) is 5.86. The van der Waals surface area contributed by atoms with Gasteiger partial charge < -0.3 is 15.1 Å². The van der Waals surface area contributed by atoms with E-state index in [0.717, 1.165) is 38.6 Å². The van der Waals surface area contributed by atoms with E-state index in [9.17, 15) is 10.2 Å². The fourth-order valence-corrected chi connectivity index (χ4v) is 5.05. The number of nitrogens with zero attached hydrogens (tertiary/aromatic N) is 1. The van der Waals surface area contributed by atoms with Crippen molar-refractivity contribution in [2.24, 2.45) is 5.92 Å². The number of hydrogen-bond acceptors (Lipinski definition) is 3. The van der Waals surface area contributed by atoms with E-state index in [0.29, 0.717) is 11.8 Å². The lowest BCUT2D eigenvalue weighted by Gasteiger charge is -2.56. The molecule has 1 aliphatic heterocycles. The van der Waals surface area contributed by atoms with Gasteiger partial charge in [-0.2, -0.15) is 0 Å². The molecule has 4 atom stereocenters. The molecule has 1 aromatic carbocycles. The van der Waals surface area contributed by atoms with E-state index in [-0.39, 0.29) is 17.4 Å². The van der Waals surface area contributed by atoms with Crippen LogP contribution in [0, 0.1) is 5.92 Å². The van der Waals surface area contributed by atoms with Crippen molar-refractivity contribution in [3.8, 4) is 5.75 Å². The summed E-state index contributed by atoms with van der Waals surface area (Å²) in [6.45, 7) is 5.49. The van der Waals surface area contributed by atoms with Gasteiger partial charge in [-0.05, 0) is 75.9 Å². The summed E-state index contributed by atoms with van der Waals surface area (Å²) >= 11 is 0. The molecule has 1 aliphatic carbocycles. The zero-order chi connectivity index (χ0) is 15.9. The van der Waals surface area contributed by atoms with Gasteiger partial charge in [0.1, 0.15) is 5.75 Å². The number of phenols is 1. The average Bonchev–Trinajstić information content (AvgIpc) is 2.51. The normalized spacial score (nSPS) is 36.1. The fourth-order valence-electron chi connectivity index (χ4n) is 5.05. The highest BCUT2D eigenvalue weighted by atomic mass is 16.3. The maximum Gasteiger partial charge on any atom is 0.115 e. The summed E-state index contributed by atoms with van der Waals surface area (Å²) in [5.41, 5.74) is 2.64. The van der Waals surface area contributed by atoms with Crippen LogP contribution < -0.4 is 0 Å². The van der Waals surface area contributed by atoms with Gasteiger partial charge in [0.25, 0.3) is 0 Å². The Bertz CT molecular complexity index is 544. The Kier molecular flexibility index (Phi) is 4.21. The molecule has 3 heteroatoms. The molecular formula is C19H29NO2. The molecular weight excluding hydrogens is 274 g/mol. The van der Waals surface area contributed by atoms with Crippen molar-refractivity contribution in [2.45, 2.75) is 63.5 Å². The van der Waals surface area contributed by atoms with E-state index >= 15 is 0 Å². The van der Waals surface area contributed by atoms with Crippen molar-refractivity contribution >= 4 is 0 Å². The number of fused-ring (bicyclic) bond motifs is 1. The molecule has 2 fully saturated rings. The Labute approximate surface area is 134 Å². The lowest BCUT2D eigenvalue weighted by Crippen LogP contribution is -2.59. The molecule has 1 saturated carbocycles. The third-order valence-electron chi connectivity index (χ3n) is 6.31. The quantitative estimate of drug-likeness (QED) is 0.882. The van der Waals surface area contributed by atoms with Crippen molar-refractivity contribution in [1.82, 2.24) is 4.90 Å². The number of aryl methyl sites for hydroxylation is 1. The molecule has 3 nitrogen and oxygen atoms in total. The molecule has 122 valence electrons. The predicted octanol–water partition coefficient (Wildman–Crippen LogP) is 3.08. The van der Waals surface area contributed by atoms with Crippen LogP contribution in [0.4, 0.5) is 0 Å². The standard InChI is InChI=1S/C19H29NO2/c1-4-14-7-8-15(21)12-16(14)19-9-5-6-17(22)18(19)13(2)20(3)11-10-19/h7-8,12-13,17-18,21-22H,4-6,9-11H2,1-3H3/t13-,17-,18+,19+/m1/s1. The molecule has 1 aromatic rings. The predicted molar refractivity (Wildman–Crippen MR) is 89.2 cm³/mol. The van der Waals surface area contributed by atoms with Crippen molar-refractivity contribution in [3.63, 3.8) is 0 Å². The summed E-state index contributed by atoms with van der Waals surface area (Å²) in [7, 11) is 2.17. The first-order valence-corrected chi connectivity index (χ1v) is 8.70. The molecule has 3 rings (SSSR count). The van der Waals surface area contributed by atoms with Gasteiger partial charge in [-0.15, -0.1) is 0 Å². The smallest absolute Gasteiger partial charge is 0.115 e. The number of rotatable bonds is 2. The SMILES string of the molecule is CCc1ccc(O)cc1[C@@]12CCC[C@@H](O)[C@@H]1[C@@H](C)N(C)CC2. The molecule has 0 unspecified atom stereocenters. The summed E-state index contributed by atoms with van der Waals surface area (Å²) in [5.74, 6) is 0.610. The fraction of sp³-hybridized carbons (Fsp3) is 0.684. The second-order valence-electron chi connectivity index (χ2n) is 7.31. The number of aliphatic hydroxyl groups excluding tert-OH is 1. The highest BCUT2D eigenvalue weighted by Gasteiger charge is 2.52. The van der Waals surface area contributed by atoms with E-state index in [4.69, 9.17) is 0 Å². The van der Waals surface area contributed by atoms with Gasteiger partial charge >= 0.3 is 0 Å². The maximum atomic E-state index is 10.8. The van der Waals surface area contributed by atoms with Crippen LogP contribution in [0.1, 0.15) is 50.7 Å². The topological polar surface area (TPSA) is 43.7 Å². The van der Waals surface area contributed by atoms with Crippen LogP contribution in [0.2, 0.25) is 0 Å². The maximum absolute atomic E-state index is 10.8. The minimum absolute atomic E-state index is 0.0215. The first-order valence-electron chi connectivity index (χ1n) is 8.70. The van der Waals surface area contributed by atoms with E-state index in [1.807, 2.05) is 6.07 Å². The van der Waals surface area contributed by atoms with Crippen molar-refractivity contribution in [3.05, 3.63) is 29.3 Å². The molecule has 0 spiro atoms. The summed E-state index contributed by atoms with van der Waals surface area (Å²) in [6.07, 6.45) is 4.93. The third kappa shape index (κ3) is 2.35. The number of piperidine rings is 1. The van der Waals surface area contributed by atoms with Gasteiger partial charge in [0.2, 0.25) is 0 Å². The summed E-state index contributed by atoms with van der Waals surface area (Å²) in [4.78, 5) is 2.38. The van der Waals surface area contributed by atoms with E-state index in [1.165, 1.54) is 11.1 Å². The lowest BCUT2D eigenvalue weighted by molar-refractivity contribution is -0.0621. The first kappa shape index (κ1) is 15.8. The van der Waals surface area contributed by atoms with Gasteiger partial charge in [0.15, 0.2) is 0 Å². The van der Waals surface area contributed by atoms with Crippen molar-refractivity contribution in [1.29, 1.82) is 0 Å². The highest BCUT2D eigenvalue weighted by Crippen LogP contribution is 2.52. The zero-order valence-corrected chi connectivity index (χ0v) is 14.0. The highest BCUT2D eigenvalue weighted by molar-refractivity contribution is 5.42. The first-order chi connectivity index (χ1) is 10.5. The number of aromatic hydroxyl groups is 1. The Balaban J connectivity index is 2.14. The van der Waals surface area contributed by atoms with Crippen LogP contribution in [0.25, 0.3) is 0 Å². The zero-order valence-electron chi connectivity index (χ0n) is 14.0. The molecule has 2 aliphatic rings. The Morgan fingerprint density at radius 3 is 2.82 bits per heavy atom. The Morgan fingerprint density at radius 1 is 1.32 bits per heavy atom. The molecule has 1 saturated heterocycles. The Hall–Kier alpha value is -1.06. The van der Waals surface area contributed by atoms with E-state index < -0.39 is 0 Å². The van der Waals surface area contributed by atoms with Gasteiger partial charge in [0, 0.05) is 17.4 Å². The summed E-state index contributed by atoms with van der Waals surface area (Å²) < 4.78 is 0.